The van der Waals surface area contributed by atoms with Crippen molar-refractivity contribution in [2.45, 2.75) is 30.7 Å². The monoisotopic (exact) mass is 330 g/mol. The molecule has 21 heavy (non-hydrogen) atoms. The molecule has 1 fully saturated rings. The molecule has 0 radical (unpaired) electrons. The zero-order valence-electron chi connectivity index (χ0n) is 11.4. The number of rotatable bonds is 4. The van der Waals surface area contributed by atoms with Gasteiger partial charge in [0.15, 0.2) is 0 Å². The average molecular weight is 331 g/mol. The van der Waals surface area contributed by atoms with Crippen molar-refractivity contribution in [1.29, 1.82) is 0 Å². The number of hydrogen-bond acceptors (Lipinski definition) is 3. The predicted molar refractivity (Wildman–Crippen MR) is 80.1 cm³/mol. The minimum Gasteiger partial charge on any atom is -0.343 e. The van der Waals surface area contributed by atoms with Gasteiger partial charge in [-0.05, 0) is 19.3 Å². The molecule has 2 amide bonds. The van der Waals surface area contributed by atoms with Gasteiger partial charge in [-0.25, -0.2) is 0 Å². The molecular weight excluding hydrogens is 315 g/mol. The standard InChI is InChI=1S/C14H16Cl2N2O3/c15-11-5-1-4-10(13(11)16)14(21)17-7-12(20)18-6-2-3-9(18)8-19/h1,4,8-9,11H,2-3,5-7H2,(H,17,21)/t9-,11?/m0/s1. The summed E-state index contributed by atoms with van der Waals surface area (Å²) in [6, 6.07) is -0.376. The second-order valence-corrected chi connectivity index (χ2v) is 5.92. The van der Waals surface area contributed by atoms with Crippen LogP contribution in [-0.4, -0.2) is 47.5 Å². The van der Waals surface area contributed by atoms with E-state index in [1.54, 1.807) is 12.2 Å². The quantitative estimate of drug-likeness (QED) is 0.625. The number of carbonyl (C=O) groups is 3. The summed E-state index contributed by atoms with van der Waals surface area (Å²) >= 11 is 12.0. The fourth-order valence-corrected chi connectivity index (χ4v) is 2.90. The van der Waals surface area contributed by atoms with E-state index in [4.69, 9.17) is 23.2 Å². The van der Waals surface area contributed by atoms with E-state index in [-0.39, 0.29) is 29.1 Å². The molecule has 1 unspecified atom stereocenters. The third-order valence-corrected chi connectivity index (χ3v) is 4.56. The van der Waals surface area contributed by atoms with E-state index in [0.29, 0.717) is 19.4 Å². The fourth-order valence-electron chi connectivity index (χ4n) is 2.44. The number of nitrogens with zero attached hydrogens (tertiary/aromatic N) is 1. The van der Waals surface area contributed by atoms with E-state index in [9.17, 15) is 14.4 Å². The Bertz CT molecular complexity index is 516. The van der Waals surface area contributed by atoms with Crippen LogP contribution in [0.4, 0.5) is 0 Å². The average Bonchev–Trinajstić information content (AvgIpc) is 2.95. The van der Waals surface area contributed by atoms with Gasteiger partial charge in [-0.3, -0.25) is 9.59 Å². The zero-order valence-corrected chi connectivity index (χ0v) is 12.9. The molecule has 7 heteroatoms. The van der Waals surface area contributed by atoms with Gasteiger partial charge in [-0.15, -0.1) is 11.6 Å². The van der Waals surface area contributed by atoms with E-state index < -0.39 is 11.3 Å². The van der Waals surface area contributed by atoms with E-state index >= 15 is 0 Å². The predicted octanol–water partition coefficient (Wildman–Crippen LogP) is 1.35. The maximum absolute atomic E-state index is 12.0. The lowest BCUT2D eigenvalue weighted by atomic mass is 10.1. The van der Waals surface area contributed by atoms with Crippen molar-refractivity contribution in [2.75, 3.05) is 13.1 Å². The van der Waals surface area contributed by atoms with Crippen LogP contribution in [0, 0.1) is 0 Å². The van der Waals surface area contributed by atoms with Gasteiger partial charge in [-0.2, -0.15) is 0 Å². The third-order valence-electron chi connectivity index (χ3n) is 3.58. The largest absolute Gasteiger partial charge is 0.343 e. The van der Waals surface area contributed by atoms with E-state index in [1.807, 2.05) is 0 Å². The topological polar surface area (TPSA) is 66.5 Å². The van der Waals surface area contributed by atoms with Crippen LogP contribution in [0.3, 0.4) is 0 Å². The second kappa shape index (κ2) is 7.09. The normalized spacial score (nSPS) is 25.1. The lowest BCUT2D eigenvalue weighted by Gasteiger charge is -2.21. The highest BCUT2D eigenvalue weighted by molar-refractivity contribution is 6.39. The van der Waals surface area contributed by atoms with Crippen molar-refractivity contribution in [2.24, 2.45) is 0 Å². The Morgan fingerprint density at radius 1 is 1.48 bits per heavy atom. The number of halogens is 2. The first-order chi connectivity index (χ1) is 10.0. The first kappa shape index (κ1) is 16.0. The van der Waals surface area contributed by atoms with Crippen LogP contribution in [0.2, 0.25) is 0 Å². The Balaban J connectivity index is 1.92. The van der Waals surface area contributed by atoms with Crippen molar-refractivity contribution in [1.82, 2.24) is 10.2 Å². The Hall–Kier alpha value is -1.33. The number of amides is 2. The van der Waals surface area contributed by atoms with Crippen LogP contribution in [0.25, 0.3) is 0 Å². The van der Waals surface area contributed by atoms with Crippen molar-refractivity contribution in [3.05, 3.63) is 22.8 Å². The highest BCUT2D eigenvalue weighted by Gasteiger charge is 2.28. The van der Waals surface area contributed by atoms with Crippen molar-refractivity contribution in [3.63, 3.8) is 0 Å². The Morgan fingerprint density at radius 2 is 2.24 bits per heavy atom. The van der Waals surface area contributed by atoms with Crippen LogP contribution in [-0.2, 0) is 14.4 Å². The van der Waals surface area contributed by atoms with Gasteiger partial charge < -0.3 is 15.0 Å². The Kier molecular flexibility index (Phi) is 5.42. The highest BCUT2D eigenvalue weighted by atomic mass is 35.5. The van der Waals surface area contributed by atoms with Crippen molar-refractivity contribution in [3.8, 4) is 0 Å². The number of allylic oxidation sites excluding steroid dienone is 2. The molecule has 0 saturated carbocycles. The maximum atomic E-state index is 12.0. The summed E-state index contributed by atoms with van der Waals surface area (Å²) < 4.78 is 0. The molecule has 2 rings (SSSR count). The number of hydrogen-bond donors (Lipinski definition) is 1. The van der Waals surface area contributed by atoms with Crippen molar-refractivity contribution < 1.29 is 14.4 Å². The summed E-state index contributed by atoms with van der Waals surface area (Å²) in [6.07, 6.45) is 6.20. The van der Waals surface area contributed by atoms with Crippen LogP contribution < -0.4 is 5.32 Å². The zero-order chi connectivity index (χ0) is 15.4. The van der Waals surface area contributed by atoms with E-state index in [2.05, 4.69) is 5.32 Å². The molecular formula is C14H16Cl2N2O3. The molecule has 1 saturated heterocycles. The molecule has 0 aromatic carbocycles. The molecule has 2 atom stereocenters. The molecule has 1 N–H and O–H groups in total. The van der Waals surface area contributed by atoms with E-state index in [1.165, 1.54) is 4.90 Å². The number of likely N-dealkylation sites (tertiary alicyclic amines) is 1. The molecule has 0 aromatic heterocycles. The smallest absolute Gasteiger partial charge is 0.252 e. The van der Waals surface area contributed by atoms with Gasteiger partial charge in [0.2, 0.25) is 5.91 Å². The van der Waals surface area contributed by atoms with Gasteiger partial charge in [-0.1, -0.05) is 23.8 Å². The van der Waals surface area contributed by atoms with Crippen LogP contribution in [0.15, 0.2) is 22.8 Å². The SMILES string of the molecule is O=C[C@@H]1CCCN1C(=O)CNC(=O)C1=C(Cl)C(Cl)CC=C1. The van der Waals surface area contributed by atoms with Crippen LogP contribution >= 0.6 is 23.2 Å². The minimum atomic E-state index is -0.434. The molecule has 0 aromatic rings. The molecule has 0 spiro atoms. The number of alkyl halides is 1. The van der Waals surface area contributed by atoms with Gasteiger partial charge in [0, 0.05) is 11.6 Å². The summed E-state index contributed by atoms with van der Waals surface area (Å²) in [5.41, 5.74) is 0.282. The summed E-state index contributed by atoms with van der Waals surface area (Å²) in [4.78, 5) is 36.4. The highest BCUT2D eigenvalue weighted by Crippen LogP contribution is 2.27. The third kappa shape index (κ3) is 3.66. The fraction of sp³-hybridized carbons (Fsp3) is 0.500. The first-order valence-corrected chi connectivity index (χ1v) is 7.59. The van der Waals surface area contributed by atoms with Crippen LogP contribution in [0.5, 0.6) is 0 Å². The molecule has 114 valence electrons. The Labute approximate surface area is 132 Å². The minimum absolute atomic E-state index is 0.155. The molecule has 5 nitrogen and oxygen atoms in total. The van der Waals surface area contributed by atoms with Gasteiger partial charge in [0.1, 0.15) is 6.29 Å². The summed E-state index contributed by atoms with van der Waals surface area (Å²) in [6.45, 7) is 0.392. The molecule has 1 aliphatic carbocycles. The Morgan fingerprint density at radius 3 is 2.95 bits per heavy atom. The second-order valence-electron chi connectivity index (χ2n) is 4.98. The number of carbonyl (C=O) groups excluding carboxylic acids is 3. The summed E-state index contributed by atoms with van der Waals surface area (Å²) in [5, 5.41) is 2.40. The number of aldehydes is 1. The van der Waals surface area contributed by atoms with Crippen molar-refractivity contribution >= 4 is 41.3 Å². The van der Waals surface area contributed by atoms with Gasteiger partial charge in [0.05, 0.1) is 23.5 Å². The first-order valence-electron chi connectivity index (χ1n) is 6.78. The molecule has 2 aliphatic rings. The summed E-state index contributed by atoms with van der Waals surface area (Å²) in [5.74, 6) is -0.700. The molecule has 1 heterocycles. The van der Waals surface area contributed by atoms with Gasteiger partial charge in [0.25, 0.3) is 5.91 Å². The van der Waals surface area contributed by atoms with E-state index in [0.717, 1.165) is 12.7 Å². The lowest BCUT2D eigenvalue weighted by molar-refractivity contribution is -0.134. The molecule has 0 bridgehead atoms. The lowest BCUT2D eigenvalue weighted by Crippen LogP contribution is -2.43. The van der Waals surface area contributed by atoms with Crippen LogP contribution in [0.1, 0.15) is 19.3 Å². The van der Waals surface area contributed by atoms with Gasteiger partial charge >= 0.3 is 0 Å². The number of nitrogens with one attached hydrogen (secondary N) is 1. The molecule has 1 aliphatic heterocycles. The maximum Gasteiger partial charge on any atom is 0.252 e. The summed E-state index contributed by atoms with van der Waals surface area (Å²) in [7, 11) is 0.